The van der Waals surface area contributed by atoms with Crippen LogP contribution in [0.4, 0.5) is 0 Å². The maximum atomic E-state index is 11.2. The minimum atomic E-state index is -0.0924. The van der Waals surface area contributed by atoms with Crippen molar-refractivity contribution < 1.29 is 9.59 Å². The van der Waals surface area contributed by atoms with E-state index in [9.17, 15) is 9.59 Å². The largest absolute Gasteiger partial charge is 0.351 e. The van der Waals surface area contributed by atoms with Gasteiger partial charge in [-0.25, -0.2) is 0 Å². The van der Waals surface area contributed by atoms with Gasteiger partial charge in [-0.3, -0.25) is 9.59 Å². The molecule has 0 N–H and O–H groups in total. The topological polar surface area (TPSA) is 39.1 Å². The van der Waals surface area contributed by atoms with Crippen molar-refractivity contribution in [1.82, 2.24) is 4.57 Å². The van der Waals surface area contributed by atoms with Crippen LogP contribution in [0.3, 0.4) is 0 Å². The van der Waals surface area contributed by atoms with Gasteiger partial charge in [0.2, 0.25) is 0 Å². The predicted octanol–water partition coefficient (Wildman–Crippen LogP) is 3.80. The number of rotatable bonds is 0. The van der Waals surface area contributed by atoms with Crippen LogP contribution >= 0.6 is 0 Å². The molecule has 3 nitrogen and oxygen atoms in total. The molecule has 4 rings (SSSR count). The first-order valence-electron chi connectivity index (χ1n) is 7.02. The van der Waals surface area contributed by atoms with Crippen LogP contribution in [0.15, 0.2) is 72.9 Å². The zero-order chi connectivity index (χ0) is 15.5. The third-order valence-electron chi connectivity index (χ3n) is 3.64. The van der Waals surface area contributed by atoms with Gasteiger partial charge >= 0.3 is 0 Å². The molecule has 0 unspecified atom stereocenters. The summed E-state index contributed by atoms with van der Waals surface area (Å²) < 4.78 is 2.12. The molecule has 2 aromatic carbocycles. The summed E-state index contributed by atoms with van der Waals surface area (Å²) in [6, 6.07) is 17.3. The van der Waals surface area contributed by atoms with Crippen LogP contribution in [0.2, 0.25) is 0 Å². The van der Waals surface area contributed by atoms with Crippen molar-refractivity contribution in [3.05, 3.63) is 84.1 Å². The lowest BCUT2D eigenvalue weighted by Gasteiger charge is -2.06. The number of ketones is 2. The molecule has 0 bridgehead atoms. The second-order valence-electron chi connectivity index (χ2n) is 5.09. The molecule has 0 fully saturated rings. The maximum Gasteiger partial charge on any atom is 0.186 e. The van der Waals surface area contributed by atoms with E-state index in [1.807, 2.05) is 0 Å². The fraction of sp³-hybridized carbons (Fsp3) is 0.0526. The average molecular weight is 289 g/mol. The number of allylic oxidation sites excluding steroid dienone is 2. The Bertz CT molecular complexity index is 850. The SMILES string of the molecule is Cn1ccc2ccccc21.O=C1C=CC(=O)c2ccccc21. The van der Waals surface area contributed by atoms with Gasteiger partial charge in [-0.2, -0.15) is 0 Å². The zero-order valence-electron chi connectivity index (χ0n) is 12.2. The molecule has 0 aliphatic heterocycles. The van der Waals surface area contributed by atoms with Crippen LogP contribution in [-0.4, -0.2) is 16.1 Å². The Morgan fingerprint density at radius 3 is 1.86 bits per heavy atom. The maximum absolute atomic E-state index is 11.2. The van der Waals surface area contributed by atoms with Crippen molar-refractivity contribution >= 4 is 22.5 Å². The summed E-state index contributed by atoms with van der Waals surface area (Å²) in [4.78, 5) is 22.4. The Kier molecular flexibility index (Phi) is 3.71. The molecular weight excluding hydrogens is 274 g/mol. The molecule has 1 aliphatic rings. The van der Waals surface area contributed by atoms with Crippen LogP contribution in [0, 0.1) is 0 Å². The molecule has 1 aromatic heterocycles. The van der Waals surface area contributed by atoms with Gasteiger partial charge in [0.25, 0.3) is 0 Å². The van der Waals surface area contributed by atoms with Gasteiger partial charge in [0, 0.05) is 29.9 Å². The van der Waals surface area contributed by atoms with Gasteiger partial charge in [-0.05, 0) is 29.7 Å². The number of aromatic nitrogens is 1. The second kappa shape index (κ2) is 5.82. The van der Waals surface area contributed by atoms with Gasteiger partial charge in [-0.1, -0.05) is 42.5 Å². The van der Waals surface area contributed by atoms with E-state index < -0.39 is 0 Å². The van der Waals surface area contributed by atoms with Crippen LogP contribution < -0.4 is 0 Å². The van der Waals surface area contributed by atoms with E-state index in [1.165, 1.54) is 23.1 Å². The van der Waals surface area contributed by atoms with E-state index in [4.69, 9.17) is 0 Å². The number of hydrogen-bond donors (Lipinski definition) is 0. The molecule has 0 spiro atoms. The molecule has 22 heavy (non-hydrogen) atoms. The standard InChI is InChI=1S/C10H6O2.C9H9N/c11-9-5-6-10(12)8-4-2-1-3-7(8)9;1-10-7-6-8-4-2-3-5-9(8)10/h1-6H;2-7H,1H3. The first kappa shape index (κ1) is 14.0. The van der Waals surface area contributed by atoms with Gasteiger partial charge in [0.1, 0.15) is 0 Å². The number of aryl methyl sites for hydroxylation is 1. The highest BCUT2D eigenvalue weighted by Crippen LogP contribution is 2.15. The van der Waals surface area contributed by atoms with Crippen molar-refractivity contribution in [2.24, 2.45) is 7.05 Å². The predicted molar refractivity (Wildman–Crippen MR) is 87.2 cm³/mol. The van der Waals surface area contributed by atoms with Gasteiger partial charge in [0.15, 0.2) is 11.6 Å². The van der Waals surface area contributed by atoms with Crippen molar-refractivity contribution in [3.8, 4) is 0 Å². The lowest BCUT2D eigenvalue weighted by molar-refractivity contribution is 0.0994. The van der Waals surface area contributed by atoms with Gasteiger partial charge in [-0.15, -0.1) is 0 Å². The van der Waals surface area contributed by atoms with Gasteiger partial charge < -0.3 is 4.57 Å². The van der Waals surface area contributed by atoms with Crippen molar-refractivity contribution in [2.45, 2.75) is 0 Å². The Labute approximate surface area is 128 Å². The monoisotopic (exact) mass is 289 g/mol. The third kappa shape index (κ3) is 2.61. The minimum absolute atomic E-state index is 0.0924. The van der Waals surface area contributed by atoms with Crippen LogP contribution in [0.5, 0.6) is 0 Å². The van der Waals surface area contributed by atoms with Crippen LogP contribution in [0.1, 0.15) is 20.7 Å². The summed E-state index contributed by atoms with van der Waals surface area (Å²) in [5, 5.41) is 1.31. The number of carbonyl (C=O) groups excluding carboxylic acids is 2. The van der Waals surface area contributed by atoms with E-state index in [1.54, 1.807) is 24.3 Å². The highest BCUT2D eigenvalue weighted by atomic mass is 16.1. The summed E-state index contributed by atoms with van der Waals surface area (Å²) in [5.41, 5.74) is 2.30. The summed E-state index contributed by atoms with van der Waals surface area (Å²) in [5.74, 6) is -0.185. The molecule has 0 saturated carbocycles. The molecule has 1 heterocycles. The van der Waals surface area contributed by atoms with Crippen molar-refractivity contribution in [1.29, 1.82) is 0 Å². The Balaban J connectivity index is 0.000000133. The number of para-hydroxylation sites is 1. The molecule has 0 radical (unpaired) electrons. The van der Waals surface area contributed by atoms with Gasteiger partial charge in [0.05, 0.1) is 0 Å². The van der Waals surface area contributed by atoms with E-state index >= 15 is 0 Å². The summed E-state index contributed by atoms with van der Waals surface area (Å²) in [7, 11) is 2.06. The van der Waals surface area contributed by atoms with Crippen molar-refractivity contribution in [2.75, 3.05) is 0 Å². The van der Waals surface area contributed by atoms with E-state index in [0.29, 0.717) is 11.1 Å². The number of nitrogens with zero attached hydrogens (tertiary/aromatic N) is 1. The molecule has 3 heteroatoms. The summed E-state index contributed by atoms with van der Waals surface area (Å²) in [6.07, 6.45) is 4.69. The summed E-state index contributed by atoms with van der Waals surface area (Å²) in [6.45, 7) is 0. The molecule has 108 valence electrons. The lowest BCUT2D eigenvalue weighted by atomic mass is 9.95. The van der Waals surface area contributed by atoms with E-state index in [2.05, 4.69) is 48.1 Å². The molecule has 1 aliphatic carbocycles. The molecular formula is C19H15NO2. The summed E-state index contributed by atoms with van der Waals surface area (Å²) >= 11 is 0. The highest BCUT2D eigenvalue weighted by Gasteiger charge is 2.16. The second-order valence-corrected chi connectivity index (χ2v) is 5.09. The van der Waals surface area contributed by atoms with E-state index in [0.717, 1.165) is 0 Å². The molecule has 0 amide bonds. The Hall–Kier alpha value is -2.94. The zero-order valence-corrected chi connectivity index (χ0v) is 12.2. The van der Waals surface area contributed by atoms with E-state index in [-0.39, 0.29) is 11.6 Å². The molecule has 0 atom stereocenters. The molecule has 3 aromatic rings. The average Bonchev–Trinajstić information content (AvgIpc) is 2.94. The lowest BCUT2D eigenvalue weighted by Crippen LogP contribution is -2.10. The first-order valence-corrected chi connectivity index (χ1v) is 7.02. The first-order chi connectivity index (χ1) is 10.7. The fourth-order valence-corrected chi connectivity index (χ4v) is 2.47. The number of hydrogen-bond acceptors (Lipinski definition) is 2. The number of carbonyl (C=O) groups is 2. The Morgan fingerprint density at radius 1 is 0.727 bits per heavy atom. The van der Waals surface area contributed by atoms with Crippen molar-refractivity contribution in [3.63, 3.8) is 0 Å². The van der Waals surface area contributed by atoms with Crippen LogP contribution in [-0.2, 0) is 7.05 Å². The Morgan fingerprint density at radius 2 is 1.27 bits per heavy atom. The highest BCUT2D eigenvalue weighted by molar-refractivity contribution is 6.21. The quantitative estimate of drug-likeness (QED) is 0.631. The minimum Gasteiger partial charge on any atom is -0.351 e. The normalized spacial score (nSPS) is 12.8. The fourth-order valence-electron chi connectivity index (χ4n) is 2.47. The number of fused-ring (bicyclic) bond motifs is 2. The molecule has 0 saturated heterocycles. The van der Waals surface area contributed by atoms with Crippen LogP contribution in [0.25, 0.3) is 10.9 Å². The third-order valence-corrected chi connectivity index (χ3v) is 3.64. The smallest absolute Gasteiger partial charge is 0.186 e. The number of benzene rings is 2.